The molecule has 0 radical (unpaired) electrons. The van der Waals surface area contributed by atoms with Gasteiger partial charge in [0.2, 0.25) is 5.91 Å². The van der Waals surface area contributed by atoms with Gasteiger partial charge in [-0.25, -0.2) is 0 Å². The third-order valence-electron chi connectivity index (χ3n) is 4.44. The zero-order valence-corrected chi connectivity index (χ0v) is 19.5. The number of anilines is 1. The van der Waals surface area contributed by atoms with Gasteiger partial charge < -0.3 is 20.1 Å². The van der Waals surface area contributed by atoms with Crippen molar-refractivity contribution in [1.29, 1.82) is 0 Å². The van der Waals surface area contributed by atoms with Crippen molar-refractivity contribution in [2.45, 2.75) is 32.6 Å². The summed E-state index contributed by atoms with van der Waals surface area (Å²) in [6, 6.07) is 5.45. The molecule has 0 saturated heterocycles. The Labute approximate surface area is 185 Å². The monoisotopic (exact) mass is 466 g/mol. The first-order valence-corrected chi connectivity index (χ1v) is 11.7. The molecule has 1 aliphatic heterocycles. The maximum Gasteiger partial charge on any atom is 0.283 e. The maximum atomic E-state index is 12.8. The maximum absolute atomic E-state index is 12.8. The second-order valence-electron chi connectivity index (χ2n) is 6.48. The highest BCUT2D eigenvalue weighted by Gasteiger charge is 2.33. The van der Waals surface area contributed by atoms with Crippen LogP contribution in [0.15, 0.2) is 55.6 Å². The fraction of sp³-hybridized carbons (Fsp3) is 0.350. The van der Waals surface area contributed by atoms with Gasteiger partial charge in [-0.2, -0.15) is 12.8 Å². The summed E-state index contributed by atoms with van der Waals surface area (Å²) in [7, 11) is -3.02. The van der Waals surface area contributed by atoms with Crippen molar-refractivity contribution < 1.29 is 27.9 Å². The van der Waals surface area contributed by atoms with E-state index in [1.807, 2.05) is 13.8 Å². The van der Waals surface area contributed by atoms with E-state index in [-0.39, 0.29) is 32.2 Å². The van der Waals surface area contributed by atoms with Crippen LogP contribution in [-0.4, -0.2) is 50.4 Å². The molecule has 0 saturated carbocycles. The number of rotatable bonds is 7. The van der Waals surface area contributed by atoms with Gasteiger partial charge in [0.1, 0.15) is 5.04 Å². The standard InChI is InChI=1S/C20H25N3O6S2/c1-6-23(7-2)19(25)17-12(3)16(20(26)29-5)18(30-17)22-31(27,28)15-10-8-14(9-11-15)21-13(4)24/h8-11,26H,6-7H2,1-5H3,(H,21,24)/p-1. The third-order valence-corrected chi connectivity index (χ3v) is 7.02. The summed E-state index contributed by atoms with van der Waals surface area (Å²) in [6.07, 6.45) is 0. The van der Waals surface area contributed by atoms with E-state index in [0.29, 0.717) is 24.4 Å². The number of carbonyl (C=O) groups excluding carboxylic acids is 2. The van der Waals surface area contributed by atoms with E-state index >= 15 is 0 Å². The normalized spacial score (nSPS) is 17.0. The Morgan fingerprint density at radius 3 is 2.26 bits per heavy atom. The average molecular weight is 467 g/mol. The molecule has 0 bridgehead atoms. The number of methoxy groups -OCH3 is 1. The van der Waals surface area contributed by atoms with Gasteiger partial charge in [-0.05, 0) is 57.7 Å². The molecule has 1 N–H and O–H groups in total. The van der Waals surface area contributed by atoms with Gasteiger partial charge in [-0.3, -0.25) is 9.59 Å². The van der Waals surface area contributed by atoms with E-state index in [1.165, 1.54) is 38.3 Å². The van der Waals surface area contributed by atoms with E-state index in [4.69, 9.17) is 4.74 Å². The first kappa shape index (κ1) is 24.5. The van der Waals surface area contributed by atoms with Crippen LogP contribution in [0.5, 0.6) is 0 Å². The number of thioether (sulfide) groups is 1. The second-order valence-corrected chi connectivity index (χ2v) is 9.08. The van der Waals surface area contributed by atoms with E-state index in [2.05, 4.69) is 9.71 Å². The molecule has 1 aliphatic rings. The molecule has 1 heterocycles. The number of hydrogen-bond acceptors (Lipinski definition) is 7. The SMILES string of the molecule is CCN(CC)C(=O)C1=C(C)C(=C([O-])OC)C(=NS(=O)(=O)c2ccc(NC(C)=O)cc2)S1. The number of nitrogens with one attached hydrogen (secondary N) is 1. The minimum atomic E-state index is -4.19. The Balaban J connectivity index is 2.48. The van der Waals surface area contributed by atoms with Crippen LogP contribution in [0, 0.1) is 0 Å². The lowest BCUT2D eigenvalue weighted by atomic mass is 10.1. The lowest BCUT2D eigenvalue weighted by Gasteiger charge is -2.19. The molecule has 31 heavy (non-hydrogen) atoms. The number of allylic oxidation sites excluding steroid dienone is 1. The fourth-order valence-electron chi connectivity index (χ4n) is 2.84. The highest BCUT2D eigenvalue weighted by atomic mass is 32.2. The number of amides is 2. The molecule has 2 rings (SSSR count). The summed E-state index contributed by atoms with van der Waals surface area (Å²) in [4.78, 5) is 25.6. The fourth-order valence-corrected chi connectivity index (χ4v) is 5.18. The van der Waals surface area contributed by atoms with E-state index in [9.17, 15) is 23.1 Å². The molecule has 0 aromatic heterocycles. The van der Waals surface area contributed by atoms with Crippen LogP contribution in [0.3, 0.4) is 0 Å². The molecule has 0 fully saturated rings. The highest BCUT2D eigenvalue weighted by molar-refractivity contribution is 8.19. The van der Waals surface area contributed by atoms with Crippen LogP contribution < -0.4 is 10.4 Å². The lowest BCUT2D eigenvalue weighted by molar-refractivity contribution is -0.354. The van der Waals surface area contributed by atoms with Crippen molar-refractivity contribution in [2.75, 3.05) is 25.5 Å². The Morgan fingerprint density at radius 1 is 1.19 bits per heavy atom. The molecule has 1 aromatic carbocycles. The Bertz CT molecular complexity index is 1070. The van der Waals surface area contributed by atoms with Gasteiger partial charge in [-0.1, -0.05) is 11.8 Å². The van der Waals surface area contributed by atoms with Crippen LogP contribution in [0.25, 0.3) is 0 Å². The van der Waals surface area contributed by atoms with Gasteiger partial charge >= 0.3 is 0 Å². The molecule has 11 heteroatoms. The number of likely N-dealkylation sites (N-methyl/N-ethyl adjacent to an activating group) is 1. The smallest absolute Gasteiger partial charge is 0.283 e. The third kappa shape index (κ3) is 5.47. The van der Waals surface area contributed by atoms with E-state index in [1.54, 1.807) is 11.8 Å². The highest BCUT2D eigenvalue weighted by Crippen LogP contribution is 2.40. The summed E-state index contributed by atoms with van der Waals surface area (Å²) in [5.74, 6) is -1.37. The van der Waals surface area contributed by atoms with Crippen molar-refractivity contribution in [3.8, 4) is 0 Å². The van der Waals surface area contributed by atoms with Gasteiger partial charge in [-0.15, -0.1) is 0 Å². The van der Waals surface area contributed by atoms with Crippen LogP contribution >= 0.6 is 11.8 Å². The quantitative estimate of drug-likeness (QED) is 0.607. The van der Waals surface area contributed by atoms with Crippen LogP contribution in [-0.2, 0) is 24.3 Å². The number of ether oxygens (including phenoxy) is 1. The molecular weight excluding hydrogens is 442 g/mol. The predicted octanol–water partition coefficient (Wildman–Crippen LogP) is 1.84. The van der Waals surface area contributed by atoms with E-state index < -0.39 is 16.0 Å². The topological polar surface area (TPSA) is 128 Å². The number of benzene rings is 1. The van der Waals surface area contributed by atoms with Crippen molar-refractivity contribution in [2.24, 2.45) is 4.40 Å². The molecule has 2 amide bonds. The van der Waals surface area contributed by atoms with Crippen molar-refractivity contribution in [1.82, 2.24) is 4.90 Å². The molecule has 0 unspecified atom stereocenters. The molecule has 0 aliphatic carbocycles. The summed E-state index contributed by atoms with van der Waals surface area (Å²) >= 11 is 0.835. The van der Waals surface area contributed by atoms with Gasteiger partial charge in [0, 0.05) is 31.3 Å². The minimum Gasteiger partial charge on any atom is -0.616 e. The number of nitrogens with zero attached hydrogens (tertiary/aromatic N) is 2. The van der Waals surface area contributed by atoms with Crippen molar-refractivity contribution in [3.63, 3.8) is 0 Å². The first-order valence-electron chi connectivity index (χ1n) is 9.42. The zero-order chi connectivity index (χ0) is 23.3. The van der Waals surface area contributed by atoms with Crippen molar-refractivity contribution in [3.05, 3.63) is 46.3 Å². The first-order chi connectivity index (χ1) is 14.5. The Kier molecular flexibility index (Phi) is 7.91. The summed E-state index contributed by atoms with van der Waals surface area (Å²) in [5.41, 5.74) is 0.700. The lowest BCUT2D eigenvalue weighted by Crippen LogP contribution is -2.31. The van der Waals surface area contributed by atoms with Gasteiger partial charge in [0.05, 0.1) is 15.7 Å². The molecule has 9 nitrogen and oxygen atoms in total. The van der Waals surface area contributed by atoms with Crippen molar-refractivity contribution >= 4 is 44.3 Å². The van der Waals surface area contributed by atoms with Crippen LogP contribution in [0.2, 0.25) is 0 Å². The predicted molar refractivity (Wildman–Crippen MR) is 118 cm³/mol. The molecule has 0 atom stereocenters. The molecule has 0 spiro atoms. The van der Waals surface area contributed by atoms with Gasteiger partial charge in [0.25, 0.3) is 15.9 Å². The van der Waals surface area contributed by atoms with Gasteiger partial charge in [0.15, 0.2) is 0 Å². The minimum absolute atomic E-state index is 0.0542. The zero-order valence-electron chi connectivity index (χ0n) is 17.9. The Hall–Kier alpha value is -2.79. The molecular formula is C20H24N3O6S2-. The number of sulfonamides is 1. The average Bonchev–Trinajstić information content (AvgIpc) is 3.03. The number of carbonyl (C=O) groups is 2. The summed E-state index contributed by atoms with van der Waals surface area (Å²) in [5, 5.41) is 14.8. The van der Waals surface area contributed by atoms with Crippen LogP contribution in [0.4, 0.5) is 5.69 Å². The van der Waals surface area contributed by atoms with Crippen LogP contribution in [0.1, 0.15) is 27.7 Å². The van der Waals surface area contributed by atoms with E-state index in [0.717, 1.165) is 11.8 Å². The Morgan fingerprint density at radius 2 is 1.77 bits per heavy atom. The number of hydrogen-bond donors (Lipinski definition) is 1. The summed E-state index contributed by atoms with van der Waals surface area (Å²) in [6.45, 7) is 7.48. The summed E-state index contributed by atoms with van der Waals surface area (Å²) < 4.78 is 34.3. The second kappa shape index (κ2) is 10.0. The molecule has 168 valence electrons. The largest absolute Gasteiger partial charge is 0.616 e. The molecule has 1 aromatic rings.